The van der Waals surface area contributed by atoms with Gasteiger partial charge in [0.05, 0.1) is 15.5 Å². The van der Waals surface area contributed by atoms with E-state index in [0.717, 1.165) is 0 Å². The summed E-state index contributed by atoms with van der Waals surface area (Å²) >= 11 is 0. The van der Waals surface area contributed by atoms with Crippen LogP contribution in [-0.2, 0) is 19.9 Å². The molecule has 1 aliphatic heterocycles. The van der Waals surface area contributed by atoms with E-state index in [2.05, 4.69) is 5.32 Å². The highest BCUT2D eigenvalue weighted by atomic mass is 32.2. The second-order valence-corrected chi connectivity index (χ2v) is 9.22. The van der Waals surface area contributed by atoms with Gasteiger partial charge in [-0.15, -0.1) is 0 Å². The van der Waals surface area contributed by atoms with E-state index in [1.807, 2.05) is 6.92 Å². The van der Waals surface area contributed by atoms with Gasteiger partial charge in [-0.3, -0.25) is 0 Å². The molecule has 1 N–H and O–H groups in total. The van der Waals surface area contributed by atoms with Crippen molar-refractivity contribution in [3.8, 4) is 0 Å². The zero-order valence-corrected chi connectivity index (χ0v) is 13.7. The molecule has 0 aromatic heterocycles. The first-order chi connectivity index (χ1) is 9.79. The van der Waals surface area contributed by atoms with E-state index in [1.54, 1.807) is 0 Å². The average molecular weight is 332 g/mol. The summed E-state index contributed by atoms with van der Waals surface area (Å²) in [5.41, 5.74) is 0. The van der Waals surface area contributed by atoms with Crippen molar-refractivity contribution in [3.05, 3.63) is 24.3 Å². The summed E-state index contributed by atoms with van der Waals surface area (Å²) in [5, 5.41) is 3.13. The van der Waals surface area contributed by atoms with E-state index in [1.165, 1.54) is 35.5 Å². The Hall–Kier alpha value is -0.960. The number of rotatable bonds is 4. The number of nitrogens with one attached hydrogen (secondary N) is 1. The maximum absolute atomic E-state index is 12.7. The van der Waals surface area contributed by atoms with Crippen LogP contribution in [0.25, 0.3) is 0 Å². The molecule has 0 spiro atoms. The second-order valence-electron chi connectivity index (χ2n) is 5.05. The first-order valence-corrected chi connectivity index (χ1v) is 9.93. The smallest absolute Gasteiger partial charge is 0.243 e. The molecule has 21 heavy (non-hydrogen) atoms. The highest BCUT2D eigenvalue weighted by Gasteiger charge is 2.31. The van der Waals surface area contributed by atoms with Gasteiger partial charge < -0.3 is 5.32 Å². The molecule has 0 saturated carbocycles. The fourth-order valence-electron chi connectivity index (χ4n) is 2.31. The molecule has 1 aliphatic rings. The zero-order valence-electron chi connectivity index (χ0n) is 12.1. The molecule has 8 heteroatoms. The molecule has 1 aromatic carbocycles. The van der Waals surface area contributed by atoms with Crippen molar-refractivity contribution >= 4 is 19.9 Å². The maximum atomic E-state index is 12.7. The quantitative estimate of drug-likeness (QED) is 0.866. The minimum Gasteiger partial charge on any atom is -0.314 e. The summed E-state index contributed by atoms with van der Waals surface area (Å²) in [6, 6.07) is 5.44. The monoisotopic (exact) mass is 332 g/mol. The van der Waals surface area contributed by atoms with Crippen molar-refractivity contribution < 1.29 is 16.8 Å². The van der Waals surface area contributed by atoms with E-state index < -0.39 is 19.9 Å². The predicted octanol–water partition coefficient (Wildman–Crippen LogP) is 0.463. The van der Waals surface area contributed by atoms with E-state index >= 15 is 0 Å². The molecule has 0 amide bonds. The largest absolute Gasteiger partial charge is 0.314 e. The molecular weight excluding hydrogens is 312 g/mol. The van der Waals surface area contributed by atoms with Crippen LogP contribution in [0.15, 0.2) is 34.1 Å². The molecule has 0 radical (unpaired) electrons. The molecule has 1 aromatic rings. The minimum atomic E-state index is -3.67. The lowest BCUT2D eigenvalue weighted by Gasteiger charge is -2.32. The Morgan fingerprint density at radius 3 is 2.52 bits per heavy atom. The van der Waals surface area contributed by atoms with Gasteiger partial charge in [0.1, 0.15) is 0 Å². The minimum absolute atomic E-state index is 0.0331. The summed E-state index contributed by atoms with van der Waals surface area (Å²) < 4.78 is 50.6. The lowest BCUT2D eigenvalue weighted by Crippen LogP contribution is -2.52. The third kappa shape index (κ3) is 3.28. The Morgan fingerprint density at radius 1 is 1.24 bits per heavy atom. The molecular formula is C13H20N2O4S2. The van der Waals surface area contributed by atoms with E-state index in [9.17, 15) is 16.8 Å². The van der Waals surface area contributed by atoms with Gasteiger partial charge in [-0.1, -0.05) is 13.0 Å². The van der Waals surface area contributed by atoms with Gasteiger partial charge in [-0.05, 0) is 25.1 Å². The summed E-state index contributed by atoms with van der Waals surface area (Å²) in [5.74, 6) is -0.0550. The van der Waals surface area contributed by atoms with Crippen LogP contribution in [0.1, 0.15) is 13.8 Å². The predicted molar refractivity (Wildman–Crippen MR) is 80.4 cm³/mol. The second kappa shape index (κ2) is 6.04. The maximum Gasteiger partial charge on any atom is 0.243 e. The van der Waals surface area contributed by atoms with E-state index in [-0.39, 0.29) is 21.6 Å². The zero-order chi connectivity index (χ0) is 15.7. The third-order valence-corrected chi connectivity index (χ3v) is 7.33. The van der Waals surface area contributed by atoms with Crippen LogP contribution >= 0.6 is 0 Å². The molecule has 1 saturated heterocycles. The molecule has 118 valence electrons. The van der Waals surface area contributed by atoms with Gasteiger partial charge in [-0.25, -0.2) is 16.8 Å². The van der Waals surface area contributed by atoms with E-state index in [4.69, 9.17) is 0 Å². The molecule has 6 nitrogen and oxygen atoms in total. The van der Waals surface area contributed by atoms with Crippen LogP contribution in [0.5, 0.6) is 0 Å². The number of piperazine rings is 1. The highest BCUT2D eigenvalue weighted by molar-refractivity contribution is 7.91. The molecule has 0 aliphatic carbocycles. The van der Waals surface area contributed by atoms with Crippen LogP contribution in [0.2, 0.25) is 0 Å². The Labute approximate surface area is 126 Å². The summed E-state index contributed by atoms with van der Waals surface area (Å²) in [6.45, 7) is 4.93. The van der Waals surface area contributed by atoms with Crippen molar-refractivity contribution in [2.75, 3.05) is 25.4 Å². The molecule has 1 heterocycles. The first kappa shape index (κ1) is 16.4. The molecule has 0 bridgehead atoms. The Kier molecular flexibility index (Phi) is 4.72. The number of nitrogens with zero attached hydrogens (tertiary/aromatic N) is 1. The van der Waals surface area contributed by atoms with Crippen molar-refractivity contribution in [2.24, 2.45) is 0 Å². The van der Waals surface area contributed by atoms with Crippen LogP contribution in [-0.4, -0.2) is 52.6 Å². The molecule has 2 rings (SSSR count). The average Bonchev–Trinajstić information content (AvgIpc) is 2.47. The van der Waals surface area contributed by atoms with Gasteiger partial charge in [0, 0.05) is 25.7 Å². The van der Waals surface area contributed by atoms with Crippen molar-refractivity contribution in [2.45, 2.75) is 29.7 Å². The summed E-state index contributed by atoms with van der Waals surface area (Å²) in [7, 11) is -7.09. The molecule has 1 unspecified atom stereocenters. The normalized spacial score (nSPS) is 21.3. The van der Waals surface area contributed by atoms with Crippen LogP contribution in [0.3, 0.4) is 0 Å². The fraction of sp³-hybridized carbons (Fsp3) is 0.538. The number of sulfone groups is 1. The first-order valence-electron chi connectivity index (χ1n) is 6.84. The summed E-state index contributed by atoms with van der Waals surface area (Å²) in [6.07, 6.45) is 0. The fourth-order valence-corrected chi connectivity index (χ4v) is 4.99. The number of sulfonamides is 1. The van der Waals surface area contributed by atoms with E-state index in [0.29, 0.717) is 19.6 Å². The van der Waals surface area contributed by atoms with Crippen molar-refractivity contribution in [3.63, 3.8) is 0 Å². The lowest BCUT2D eigenvalue weighted by molar-refractivity contribution is 0.284. The number of hydrogen-bond donors (Lipinski definition) is 1. The number of benzene rings is 1. The summed E-state index contributed by atoms with van der Waals surface area (Å²) in [4.78, 5) is 0.0830. The number of hydrogen-bond acceptors (Lipinski definition) is 5. The van der Waals surface area contributed by atoms with Crippen LogP contribution < -0.4 is 5.32 Å². The Morgan fingerprint density at radius 2 is 1.90 bits per heavy atom. The van der Waals surface area contributed by atoms with Crippen molar-refractivity contribution in [1.29, 1.82) is 0 Å². The highest BCUT2D eigenvalue weighted by Crippen LogP contribution is 2.22. The molecule has 1 atom stereocenters. The lowest BCUT2D eigenvalue weighted by atomic mass is 10.3. The SMILES string of the molecule is CCS(=O)(=O)c1cccc(S(=O)(=O)N2CCNCC2C)c1. The van der Waals surface area contributed by atoms with Crippen molar-refractivity contribution in [1.82, 2.24) is 9.62 Å². The Balaban J connectivity index is 2.44. The molecule has 1 fully saturated rings. The van der Waals surface area contributed by atoms with Gasteiger partial charge in [0.15, 0.2) is 9.84 Å². The Bertz CT molecular complexity index is 713. The van der Waals surface area contributed by atoms with Gasteiger partial charge in [0.2, 0.25) is 10.0 Å². The topological polar surface area (TPSA) is 83.5 Å². The van der Waals surface area contributed by atoms with Gasteiger partial charge >= 0.3 is 0 Å². The van der Waals surface area contributed by atoms with Gasteiger partial charge in [-0.2, -0.15) is 4.31 Å². The standard InChI is InChI=1S/C13H20N2O4S2/c1-3-20(16,17)12-5-4-6-13(9-12)21(18,19)15-8-7-14-10-11(15)2/h4-6,9,11,14H,3,7-8,10H2,1-2H3. The van der Waals surface area contributed by atoms with Crippen LogP contribution in [0.4, 0.5) is 0 Å². The third-order valence-electron chi connectivity index (χ3n) is 3.59. The van der Waals surface area contributed by atoms with Gasteiger partial charge in [0.25, 0.3) is 0 Å². The van der Waals surface area contributed by atoms with Crippen LogP contribution in [0, 0.1) is 0 Å².